The number of pyridine rings is 1. The highest BCUT2D eigenvalue weighted by Gasteiger charge is 2.11. The molecule has 13 heavy (non-hydrogen) atoms. The van der Waals surface area contributed by atoms with E-state index in [1.165, 1.54) is 0 Å². The lowest BCUT2D eigenvalue weighted by Crippen LogP contribution is -2.30. The van der Waals surface area contributed by atoms with E-state index in [4.69, 9.17) is 5.73 Å². The quantitative estimate of drug-likeness (QED) is 0.704. The van der Waals surface area contributed by atoms with Gasteiger partial charge in [-0.3, -0.25) is 0 Å². The second-order valence-electron chi connectivity index (χ2n) is 3.27. The van der Waals surface area contributed by atoms with Gasteiger partial charge in [-0.2, -0.15) is 0 Å². The van der Waals surface area contributed by atoms with Crippen LogP contribution in [0.5, 0.6) is 0 Å². The van der Waals surface area contributed by atoms with Crippen LogP contribution >= 0.6 is 0 Å². The number of nitrogens with zero attached hydrogens (tertiary/aromatic N) is 2. The van der Waals surface area contributed by atoms with E-state index < -0.39 is 0 Å². The summed E-state index contributed by atoms with van der Waals surface area (Å²) in [5.74, 6) is 1.61. The van der Waals surface area contributed by atoms with Gasteiger partial charge in [0.1, 0.15) is 11.6 Å². The molecule has 3 heteroatoms. The summed E-state index contributed by atoms with van der Waals surface area (Å²) in [5.41, 5.74) is 5.62. The number of anilines is 2. The molecule has 69 valence electrons. The fraction of sp³-hybridized carbons (Fsp3) is 0.400. The largest absolute Gasteiger partial charge is 0.384 e. The second-order valence-corrected chi connectivity index (χ2v) is 3.27. The van der Waals surface area contributed by atoms with Gasteiger partial charge in [-0.05, 0) is 31.4 Å². The molecule has 1 saturated heterocycles. The van der Waals surface area contributed by atoms with E-state index in [0.29, 0.717) is 5.82 Å². The molecule has 0 aromatic carbocycles. The zero-order valence-electron chi connectivity index (χ0n) is 7.61. The monoisotopic (exact) mass is 176 g/mol. The van der Waals surface area contributed by atoms with Gasteiger partial charge in [-0.15, -0.1) is 0 Å². The van der Waals surface area contributed by atoms with Crippen molar-refractivity contribution in [2.75, 3.05) is 23.7 Å². The van der Waals surface area contributed by atoms with Crippen molar-refractivity contribution in [2.45, 2.75) is 12.8 Å². The van der Waals surface area contributed by atoms with E-state index in [1.54, 1.807) is 0 Å². The Morgan fingerprint density at radius 2 is 2.00 bits per heavy atom. The maximum atomic E-state index is 5.62. The highest BCUT2D eigenvalue weighted by molar-refractivity contribution is 5.45. The summed E-state index contributed by atoms with van der Waals surface area (Å²) >= 11 is 0. The first-order valence-corrected chi connectivity index (χ1v) is 4.65. The van der Waals surface area contributed by atoms with Gasteiger partial charge in [0, 0.05) is 13.1 Å². The van der Waals surface area contributed by atoms with Crippen LogP contribution in [0.1, 0.15) is 12.8 Å². The van der Waals surface area contributed by atoms with Crippen molar-refractivity contribution in [1.82, 2.24) is 4.98 Å². The summed E-state index contributed by atoms with van der Waals surface area (Å²) in [6.07, 6.45) is 4.62. The van der Waals surface area contributed by atoms with Crippen molar-refractivity contribution in [3.8, 4) is 0 Å². The van der Waals surface area contributed by atoms with E-state index in [9.17, 15) is 0 Å². The van der Waals surface area contributed by atoms with Gasteiger partial charge in [-0.1, -0.05) is 6.07 Å². The van der Waals surface area contributed by atoms with Gasteiger partial charge in [0.2, 0.25) is 0 Å². The molecule has 1 aliphatic heterocycles. The topological polar surface area (TPSA) is 42.1 Å². The number of nitrogens with two attached hydrogens (primary N) is 1. The smallest absolute Gasteiger partial charge is 0.130 e. The predicted octanol–water partition coefficient (Wildman–Crippen LogP) is 1.47. The molecule has 0 spiro atoms. The minimum absolute atomic E-state index is 0.604. The van der Waals surface area contributed by atoms with E-state index in [0.717, 1.165) is 31.7 Å². The van der Waals surface area contributed by atoms with Gasteiger partial charge < -0.3 is 10.6 Å². The Morgan fingerprint density at radius 1 is 1.23 bits per heavy atom. The van der Waals surface area contributed by atoms with Gasteiger partial charge in [0.15, 0.2) is 0 Å². The molecule has 0 atom stereocenters. The van der Waals surface area contributed by atoms with Crippen molar-refractivity contribution < 1.29 is 0 Å². The predicted molar refractivity (Wildman–Crippen MR) is 54.4 cm³/mol. The molecule has 2 N–H and O–H groups in total. The maximum Gasteiger partial charge on any atom is 0.130 e. The molecular formula is C10H14N3. The normalized spacial score (nSPS) is 17.4. The Morgan fingerprint density at radius 3 is 2.69 bits per heavy atom. The standard InChI is InChI=1S/C10H14N3/c11-9-5-4-6-10(12-9)13-7-2-1-3-8-13/h1,4-6H,2-3,7-8H2,(H2,11,12). The third-order valence-corrected chi connectivity index (χ3v) is 2.29. The van der Waals surface area contributed by atoms with Crippen molar-refractivity contribution in [3.05, 3.63) is 24.6 Å². The van der Waals surface area contributed by atoms with Gasteiger partial charge in [0.25, 0.3) is 0 Å². The highest BCUT2D eigenvalue weighted by Crippen LogP contribution is 2.17. The van der Waals surface area contributed by atoms with Gasteiger partial charge in [0.05, 0.1) is 0 Å². The van der Waals surface area contributed by atoms with Crippen LogP contribution in [-0.2, 0) is 0 Å². The van der Waals surface area contributed by atoms with Crippen LogP contribution < -0.4 is 10.6 Å². The summed E-state index contributed by atoms with van der Waals surface area (Å²) < 4.78 is 0. The van der Waals surface area contributed by atoms with Crippen LogP contribution in [0.2, 0.25) is 0 Å². The molecule has 0 amide bonds. The lowest BCUT2D eigenvalue weighted by atomic mass is 10.1. The first kappa shape index (κ1) is 8.35. The van der Waals surface area contributed by atoms with Crippen molar-refractivity contribution in [1.29, 1.82) is 0 Å². The number of hydrogen-bond acceptors (Lipinski definition) is 3. The van der Waals surface area contributed by atoms with E-state index >= 15 is 0 Å². The molecule has 1 fully saturated rings. The first-order chi connectivity index (χ1) is 6.36. The van der Waals surface area contributed by atoms with Crippen LogP contribution in [0, 0.1) is 6.42 Å². The zero-order chi connectivity index (χ0) is 9.10. The maximum absolute atomic E-state index is 5.62. The Balaban J connectivity index is 2.14. The zero-order valence-corrected chi connectivity index (χ0v) is 7.61. The lowest BCUT2D eigenvalue weighted by molar-refractivity contribution is 0.671. The molecule has 0 aliphatic carbocycles. The fourth-order valence-corrected chi connectivity index (χ4v) is 1.60. The average molecular weight is 176 g/mol. The SMILES string of the molecule is Nc1cccc(N2CC[CH]CC2)n1. The molecule has 0 bridgehead atoms. The lowest BCUT2D eigenvalue weighted by Gasteiger charge is -2.27. The van der Waals surface area contributed by atoms with E-state index in [-0.39, 0.29) is 0 Å². The minimum Gasteiger partial charge on any atom is -0.384 e. The van der Waals surface area contributed by atoms with Crippen LogP contribution in [0.3, 0.4) is 0 Å². The minimum atomic E-state index is 0.604. The fourth-order valence-electron chi connectivity index (χ4n) is 1.60. The molecule has 2 heterocycles. The number of aromatic nitrogens is 1. The molecule has 0 unspecified atom stereocenters. The third kappa shape index (κ3) is 1.91. The summed E-state index contributed by atoms with van der Waals surface area (Å²) in [6, 6.07) is 5.79. The van der Waals surface area contributed by atoms with Crippen LogP contribution in [0.15, 0.2) is 18.2 Å². The van der Waals surface area contributed by atoms with Gasteiger partial charge in [-0.25, -0.2) is 4.98 Å². The summed E-state index contributed by atoms with van der Waals surface area (Å²) in [6.45, 7) is 2.13. The molecule has 1 aromatic heterocycles. The Kier molecular flexibility index (Phi) is 2.34. The summed E-state index contributed by atoms with van der Waals surface area (Å²) in [4.78, 5) is 6.56. The van der Waals surface area contributed by atoms with Crippen molar-refractivity contribution in [2.24, 2.45) is 0 Å². The number of hydrogen-bond donors (Lipinski definition) is 1. The average Bonchev–Trinajstić information content (AvgIpc) is 2.19. The molecular weight excluding hydrogens is 162 g/mol. The molecule has 1 aromatic rings. The van der Waals surface area contributed by atoms with Crippen LogP contribution in [0.25, 0.3) is 0 Å². The van der Waals surface area contributed by atoms with E-state index in [2.05, 4.69) is 16.3 Å². The van der Waals surface area contributed by atoms with Crippen molar-refractivity contribution >= 4 is 11.6 Å². The molecule has 0 saturated carbocycles. The Labute approximate surface area is 78.6 Å². The molecule has 2 rings (SSSR count). The third-order valence-electron chi connectivity index (χ3n) is 2.29. The number of nitrogen functional groups attached to an aromatic ring is 1. The number of rotatable bonds is 1. The molecule has 1 aliphatic rings. The highest BCUT2D eigenvalue weighted by atomic mass is 15.2. The van der Waals surface area contributed by atoms with Crippen LogP contribution in [0.4, 0.5) is 11.6 Å². The first-order valence-electron chi connectivity index (χ1n) is 4.65. The molecule has 3 nitrogen and oxygen atoms in total. The summed E-state index contributed by atoms with van der Waals surface area (Å²) in [7, 11) is 0. The molecule has 1 radical (unpaired) electrons. The Bertz CT molecular complexity index is 279. The second kappa shape index (κ2) is 3.64. The van der Waals surface area contributed by atoms with E-state index in [1.807, 2.05) is 18.2 Å². The van der Waals surface area contributed by atoms with Gasteiger partial charge >= 0.3 is 0 Å². The van der Waals surface area contributed by atoms with Crippen molar-refractivity contribution in [3.63, 3.8) is 0 Å². The number of piperidine rings is 1. The van der Waals surface area contributed by atoms with Crippen LogP contribution in [-0.4, -0.2) is 18.1 Å². The Hall–Kier alpha value is -1.25. The summed E-state index contributed by atoms with van der Waals surface area (Å²) in [5, 5.41) is 0.